The van der Waals surface area contributed by atoms with Crippen LogP contribution < -0.4 is 4.72 Å². The molecule has 1 N–H and O–H groups in total. The average Bonchev–Trinajstić information content (AvgIpc) is 2.49. The molecule has 1 aromatic carbocycles. The van der Waals surface area contributed by atoms with Crippen LogP contribution in [-0.4, -0.2) is 31.5 Å². The molecule has 0 spiro atoms. The topological polar surface area (TPSA) is 66.5 Å². The molecule has 1 saturated heterocycles. The second-order valence-corrected chi connectivity index (χ2v) is 8.14. The predicted octanol–water partition coefficient (Wildman–Crippen LogP) is 2.99. The van der Waals surface area contributed by atoms with Gasteiger partial charge in [-0.3, -0.25) is 9.52 Å². The number of carbonyl (C=O) groups excluding carboxylic acids is 1. The number of likely N-dealkylation sites (tertiary alicyclic amines) is 1. The number of sulfonamides is 1. The van der Waals surface area contributed by atoms with E-state index in [1.807, 2.05) is 36.9 Å². The number of rotatable bonds is 7. The Balaban J connectivity index is 2.03. The van der Waals surface area contributed by atoms with Gasteiger partial charge in [0, 0.05) is 25.2 Å². The second-order valence-electron chi connectivity index (χ2n) is 6.37. The van der Waals surface area contributed by atoms with Crippen molar-refractivity contribution in [2.45, 2.75) is 46.1 Å². The molecule has 128 valence electrons. The lowest BCUT2D eigenvalue weighted by Gasteiger charge is -2.26. The summed E-state index contributed by atoms with van der Waals surface area (Å²) in [4.78, 5) is 13.7. The lowest BCUT2D eigenvalue weighted by molar-refractivity contribution is -0.133. The van der Waals surface area contributed by atoms with Gasteiger partial charge >= 0.3 is 0 Å². The van der Waals surface area contributed by atoms with E-state index in [4.69, 9.17) is 0 Å². The van der Waals surface area contributed by atoms with E-state index in [1.54, 1.807) is 6.07 Å². The van der Waals surface area contributed by atoms with Crippen LogP contribution in [0, 0.1) is 5.92 Å². The first kappa shape index (κ1) is 17.8. The Labute approximate surface area is 139 Å². The highest BCUT2D eigenvalue weighted by atomic mass is 32.2. The maximum Gasteiger partial charge on any atom is 0.232 e. The maximum absolute atomic E-state index is 12.1. The minimum atomic E-state index is -3.34. The summed E-state index contributed by atoms with van der Waals surface area (Å²) in [6.45, 7) is 5.23. The SMILES string of the molecule is CCC(C)CS(=O)(=O)Nc1cccc(CN2CCCCC2=O)c1. The van der Waals surface area contributed by atoms with Crippen molar-refractivity contribution in [2.24, 2.45) is 5.92 Å². The van der Waals surface area contributed by atoms with Crippen LogP contribution in [0.5, 0.6) is 0 Å². The number of nitrogens with zero attached hydrogens (tertiary/aromatic N) is 1. The van der Waals surface area contributed by atoms with E-state index in [9.17, 15) is 13.2 Å². The molecule has 1 aliphatic rings. The van der Waals surface area contributed by atoms with Gasteiger partial charge in [0.1, 0.15) is 0 Å². The van der Waals surface area contributed by atoms with Gasteiger partial charge in [0.25, 0.3) is 0 Å². The lowest BCUT2D eigenvalue weighted by Crippen LogP contribution is -2.34. The van der Waals surface area contributed by atoms with Crippen molar-refractivity contribution in [3.05, 3.63) is 29.8 Å². The van der Waals surface area contributed by atoms with E-state index in [1.165, 1.54) is 0 Å². The number of nitrogens with one attached hydrogen (secondary N) is 1. The Kier molecular flexibility index (Phi) is 6.04. The summed E-state index contributed by atoms with van der Waals surface area (Å²) in [5, 5.41) is 0. The summed E-state index contributed by atoms with van der Waals surface area (Å²) in [7, 11) is -3.34. The largest absolute Gasteiger partial charge is 0.338 e. The third-order valence-electron chi connectivity index (χ3n) is 4.20. The molecule has 23 heavy (non-hydrogen) atoms. The zero-order valence-electron chi connectivity index (χ0n) is 13.9. The molecule has 1 aromatic rings. The third kappa shape index (κ3) is 5.53. The van der Waals surface area contributed by atoms with Gasteiger partial charge in [-0.1, -0.05) is 32.4 Å². The quantitative estimate of drug-likeness (QED) is 0.831. The molecule has 1 heterocycles. The number of carbonyl (C=O) groups is 1. The van der Waals surface area contributed by atoms with E-state index in [0.717, 1.165) is 31.4 Å². The van der Waals surface area contributed by atoms with Gasteiger partial charge < -0.3 is 4.90 Å². The molecule has 0 radical (unpaired) electrons. The smallest absolute Gasteiger partial charge is 0.232 e. The summed E-state index contributed by atoms with van der Waals surface area (Å²) in [5.41, 5.74) is 1.51. The first-order valence-electron chi connectivity index (χ1n) is 8.27. The second kappa shape index (κ2) is 7.81. The van der Waals surface area contributed by atoms with Crippen LogP contribution in [0.4, 0.5) is 5.69 Å². The van der Waals surface area contributed by atoms with Crippen LogP contribution in [0.25, 0.3) is 0 Å². The van der Waals surface area contributed by atoms with E-state index in [0.29, 0.717) is 18.7 Å². The zero-order chi connectivity index (χ0) is 16.9. The Morgan fingerprint density at radius 2 is 2.09 bits per heavy atom. The maximum atomic E-state index is 12.1. The van der Waals surface area contributed by atoms with Crippen LogP contribution in [0.1, 0.15) is 45.1 Å². The summed E-state index contributed by atoms with van der Waals surface area (Å²) in [5.74, 6) is 0.430. The van der Waals surface area contributed by atoms with E-state index < -0.39 is 10.0 Å². The Morgan fingerprint density at radius 3 is 2.78 bits per heavy atom. The molecule has 0 aliphatic carbocycles. The van der Waals surface area contributed by atoms with Crippen LogP contribution >= 0.6 is 0 Å². The molecule has 1 amide bonds. The van der Waals surface area contributed by atoms with Crippen LogP contribution in [0.15, 0.2) is 24.3 Å². The molecular weight excluding hydrogens is 312 g/mol. The Hall–Kier alpha value is -1.56. The molecule has 2 rings (SSSR count). The molecule has 6 heteroatoms. The van der Waals surface area contributed by atoms with E-state index >= 15 is 0 Å². The van der Waals surface area contributed by atoms with Gasteiger partial charge in [-0.2, -0.15) is 0 Å². The lowest BCUT2D eigenvalue weighted by atomic mass is 10.1. The average molecular weight is 338 g/mol. The van der Waals surface area contributed by atoms with Crippen molar-refractivity contribution >= 4 is 21.6 Å². The highest BCUT2D eigenvalue weighted by Crippen LogP contribution is 2.18. The summed E-state index contributed by atoms with van der Waals surface area (Å²) >= 11 is 0. The number of hydrogen-bond acceptors (Lipinski definition) is 3. The van der Waals surface area contributed by atoms with Gasteiger partial charge in [0.2, 0.25) is 15.9 Å². The van der Waals surface area contributed by atoms with Crippen molar-refractivity contribution in [1.82, 2.24) is 4.90 Å². The fraction of sp³-hybridized carbons (Fsp3) is 0.588. The minimum absolute atomic E-state index is 0.123. The Morgan fingerprint density at radius 1 is 1.30 bits per heavy atom. The number of amides is 1. The highest BCUT2D eigenvalue weighted by molar-refractivity contribution is 7.92. The molecule has 1 atom stereocenters. The van der Waals surface area contributed by atoms with Gasteiger partial charge in [0.05, 0.1) is 5.75 Å². The third-order valence-corrected chi connectivity index (χ3v) is 5.75. The van der Waals surface area contributed by atoms with Gasteiger partial charge in [-0.05, 0) is 36.5 Å². The molecule has 0 saturated carbocycles. The molecule has 0 aromatic heterocycles. The van der Waals surface area contributed by atoms with E-state index in [2.05, 4.69) is 4.72 Å². The van der Waals surface area contributed by atoms with Crippen LogP contribution in [-0.2, 0) is 21.4 Å². The van der Waals surface area contributed by atoms with Crippen molar-refractivity contribution in [1.29, 1.82) is 0 Å². The minimum Gasteiger partial charge on any atom is -0.338 e. The summed E-state index contributed by atoms with van der Waals surface area (Å²) < 4.78 is 26.9. The van der Waals surface area contributed by atoms with Crippen molar-refractivity contribution in [2.75, 3.05) is 17.0 Å². The van der Waals surface area contributed by atoms with Gasteiger partial charge in [-0.15, -0.1) is 0 Å². The van der Waals surface area contributed by atoms with Crippen LogP contribution in [0.2, 0.25) is 0 Å². The van der Waals surface area contributed by atoms with Crippen molar-refractivity contribution in [3.8, 4) is 0 Å². The molecule has 1 aliphatic heterocycles. The summed E-state index contributed by atoms with van der Waals surface area (Å²) in [6, 6.07) is 7.31. The van der Waals surface area contributed by atoms with Crippen molar-refractivity contribution in [3.63, 3.8) is 0 Å². The van der Waals surface area contributed by atoms with Crippen LogP contribution in [0.3, 0.4) is 0 Å². The summed E-state index contributed by atoms with van der Waals surface area (Å²) in [6.07, 6.45) is 3.44. The molecule has 0 bridgehead atoms. The monoisotopic (exact) mass is 338 g/mol. The number of benzene rings is 1. The zero-order valence-corrected chi connectivity index (χ0v) is 14.7. The fourth-order valence-electron chi connectivity index (χ4n) is 2.70. The Bertz CT molecular complexity index is 643. The normalized spacial score (nSPS) is 17.1. The predicted molar refractivity (Wildman–Crippen MR) is 92.6 cm³/mol. The van der Waals surface area contributed by atoms with Gasteiger partial charge in [0.15, 0.2) is 0 Å². The molecule has 5 nitrogen and oxygen atoms in total. The van der Waals surface area contributed by atoms with Gasteiger partial charge in [-0.25, -0.2) is 8.42 Å². The molecule has 1 unspecified atom stereocenters. The number of anilines is 1. The molecule has 1 fully saturated rings. The first-order valence-corrected chi connectivity index (χ1v) is 9.92. The van der Waals surface area contributed by atoms with Crippen molar-refractivity contribution < 1.29 is 13.2 Å². The number of piperidine rings is 1. The highest BCUT2D eigenvalue weighted by Gasteiger charge is 2.18. The number of hydrogen-bond donors (Lipinski definition) is 1. The van der Waals surface area contributed by atoms with E-state index in [-0.39, 0.29) is 17.6 Å². The first-order chi connectivity index (χ1) is 10.9. The fourth-order valence-corrected chi connectivity index (χ4v) is 4.25. The molecular formula is C17H26N2O3S. The standard InChI is InChI=1S/C17H26N2O3S/c1-3-14(2)13-23(21,22)18-16-8-6-7-15(11-16)12-19-10-5-4-9-17(19)20/h6-8,11,14,18H,3-5,9-10,12-13H2,1-2H3.